The van der Waals surface area contributed by atoms with Gasteiger partial charge in [0.05, 0.1) is 0 Å². The maximum Gasteiger partial charge on any atom is 0.0453 e. The minimum Gasteiger partial charge on any atom is -0.324 e. The molecule has 2 aromatic rings. The van der Waals surface area contributed by atoms with Crippen LogP contribution in [0.2, 0.25) is 10.0 Å². The van der Waals surface area contributed by atoms with Crippen LogP contribution in [0.4, 0.5) is 0 Å². The Labute approximate surface area is 111 Å². The van der Waals surface area contributed by atoms with E-state index in [9.17, 15) is 0 Å². The molecule has 2 aromatic carbocycles. The summed E-state index contributed by atoms with van der Waals surface area (Å²) in [4.78, 5) is 0. The average molecular weight is 266 g/mol. The van der Waals surface area contributed by atoms with Gasteiger partial charge >= 0.3 is 0 Å². The lowest BCUT2D eigenvalue weighted by atomic mass is 10.00. The van der Waals surface area contributed by atoms with Crippen LogP contribution in [-0.2, 0) is 6.42 Å². The number of halogens is 2. The Balaban J connectivity index is 2.16. The first-order valence-electron chi connectivity index (χ1n) is 5.41. The molecule has 17 heavy (non-hydrogen) atoms. The zero-order valence-electron chi connectivity index (χ0n) is 9.24. The fourth-order valence-electron chi connectivity index (χ4n) is 1.74. The van der Waals surface area contributed by atoms with E-state index in [0.29, 0.717) is 16.5 Å². The Morgan fingerprint density at radius 2 is 1.71 bits per heavy atom. The Kier molecular flexibility index (Phi) is 4.06. The molecule has 1 unspecified atom stereocenters. The minimum absolute atomic E-state index is 0.0464. The van der Waals surface area contributed by atoms with Gasteiger partial charge < -0.3 is 5.73 Å². The van der Waals surface area contributed by atoms with Crippen molar-refractivity contribution in [1.29, 1.82) is 0 Å². The molecular weight excluding hydrogens is 253 g/mol. The van der Waals surface area contributed by atoms with Crippen LogP contribution in [0.1, 0.15) is 17.2 Å². The average Bonchev–Trinajstić information content (AvgIpc) is 2.34. The van der Waals surface area contributed by atoms with Crippen molar-refractivity contribution in [3.05, 3.63) is 69.7 Å². The summed E-state index contributed by atoms with van der Waals surface area (Å²) in [6, 6.07) is 15.4. The van der Waals surface area contributed by atoms with Crippen molar-refractivity contribution in [2.24, 2.45) is 5.73 Å². The molecule has 3 heteroatoms. The Morgan fingerprint density at radius 3 is 2.35 bits per heavy atom. The van der Waals surface area contributed by atoms with Gasteiger partial charge in [-0.3, -0.25) is 0 Å². The van der Waals surface area contributed by atoms with Gasteiger partial charge in [0.15, 0.2) is 0 Å². The molecule has 0 amide bonds. The Hall–Kier alpha value is -1.02. The second-order valence-electron chi connectivity index (χ2n) is 3.96. The quantitative estimate of drug-likeness (QED) is 0.883. The molecule has 0 radical (unpaired) electrons. The van der Waals surface area contributed by atoms with E-state index in [1.807, 2.05) is 42.5 Å². The second-order valence-corrected chi connectivity index (χ2v) is 4.80. The SMILES string of the molecule is NC(Cc1ccc(Cl)cc1Cl)c1ccccc1. The number of hydrogen-bond donors (Lipinski definition) is 1. The molecule has 88 valence electrons. The van der Waals surface area contributed by atoms with Crippen molar-refractivity contribution in [3.8, 4) is 0 Å². The maximum absolute atomic E-state index is 6.14. The van der Waals surface area contributed by atoms with E-state index in [4.69, 9.17) is 28.9 Å². The van der Waals surface area contributed by atoms with Gasteiger partial charge in [0, 0.05) is 16.1 Å². The highest BCUT2D eigenvalue weighted by atomic mass is 35.5. The molecule has 2 rings (SSSR count). The van der Waals surface area contributed by atoms with Gasteiger partial charge in [-0.15, -0.1) is 0 Å². The van der Waals surface area contributed by atoms with E-state index in [2.05, 4.69) is 0 Å². The summed E-state index contributed by atoms with van der Waals surface area (Å²) in [6.07, 6.45) is 0.708. The fraction of sp³-hybridized carbons (Fsp3) is 0.143. The molecule has 0 aliphatic rings. The standard InChI is InChI=1S/C14H13Cl2N/c15-12-7-6-11(13(16)9-12)8-14(17)10-4-2-1-3-5-10/h1-7,9,14H,8,17H2. The van der Waals surface area contributed by atoms with E-state index >= 15 is 0 Å². The number of benzene rings is 2. The van der Waals surface area contributed by atoms with E-state index in [1.165, 1.54) is 0 Å². The van der Waals surface area contributed by atoms with E-state index in [-0.39, 0.29) is 6.04 Å². The Morgan fingerprint density at radius 1 is 1.00 bits per heavy atom. The van der Waals surface area contributed by atoms with E-state index < -0.39 is 0 Å². The number of rotatable bonds is 3. The topological polar surface area (TPSA) is 26.0 Å². The second kappa shape index (κ2) is 5.54. The van der Waals surface area contributed by atoms with Gasteiger partial charge in [0.25, 0.3) is 0 Å². The van der Waals surface area contributed by atoms with Crippen molar-refractivity contribution >= 4 is 23.2 Å². The molecule has 1 atom stereocenters. The summed E-state index contributed by atoms with van der Waals surface area (Å²) in [5, 5.41) is 1.32. The molecule has 0 fully saturated rings. The zero-order chi connectivity index (χ0) is 12.3. The van der Waals surface area contributed by atoms with Gasteiger partial charge in [-0.2, -0.15) is 0 Å². The van der Waals surface area contributed by atoms with E-state index in [0.717, 1.165) is 11.1 Å². The van der Waals surface area contributed by atoms with Crippen LogP contribution in [0.15, 0.2) is 48.5 Å². The molecule has 0 saturated heterocycles. The highest BCUT2D eigenvalue weighted by Crippen LogP contribution is 2.25. The van der Waals surface area contributed by atoms with Gasteiger partial charge in [0.2, 0.25) is 0 Å². The lowest BCUT2D eigenvalue weighted by Crippen LogP contribution is -2.13. The van der Waals surface area contributed by atoms with Crippen molar-refractivity contribution < 1.29 is 0 Å². The van der Waals surface area contributed by atoms with Crippen LogP contribution in [-0.4, -0.2) is 0 Å². The van der Waals surface area contributed by atoms with Crippen LogP contribution >= 0.6 is 23.2 Å². The molecule has 0 spiro atoms. The lowest BCUT2D eigenvalue weighted by molar-refractivity contribution is 0.722. The lowest BCUT2D eigenvalue weighted by Gasteiger charge is -2.13. The molecule has 1 nitrogen and oxygen atoms in total. The van der Waals surface area contributed by atoms with Crippen LogP contribution < -0.4 is 5.73 Å². The van der Waals surface area contributed by atoms with Crippen LogP contribution in [0.3, 0.4) is 0 Å². The van der Waals surface area contributed by atoms with Gasteiger partial charge in [-0.1, -0.05) is 59.6 Å². The highest BCUT2D eigenvalue weighted by Gasteiger charge is 2.09. The predicted molar refractivity (Wildman–Crippen MR) is 73.5 cm³/mol. The fourth-order valence-corrected chi connectivity index (χ4v) is 2.23. The summed E-state index contributed by atoms with van der Waals surface area (Å²) in [7, 11) is 0. The van der Waals surface area contributed by atoms with Crippen LogP contribution in [0.5, 0.6) is 0 Å². The molecule has 2 N–H and O–H groups in total. The van der Waals surface area contributed by atoms with Crippen molar-refractivity contribution in [2.45, 2.75) is 12.5 Å². The third kappa shape index (κ3) is 3.22. The molecule has 0 aromatic heterocycles. The van der Waals surface area contributed by atoms with E-state index in [1.54, 1.807) is 6.07 Å². The maximum atomic E-state index is 6.14. The molecule has 0 aliphatic heterocycles. The summed E-state index contributed by atoms with van der Waals surface area (Å²) in [5.74, 6) is 0. The van der Waals surface area contributed by atoms with Crippen molar-refractivity contribution in [1.82, 2.24) is 0 Å². The smallest absolute Gasteiger partial charge is 0.0453 e. The third-order valence-corrected chi connectivity index (χ3v) is 3.27. The zero-order valence-corrected chi connectivity index (χ0v) is 10.7. The first kappa shape index (κ1) is 12.4. The summed E-state index contributed by atoms with van der Waals surface area (Å²) >= 11 is 12.0. The summed E-state index contributed by atoms with van der Waals surface area (Å²) < 4.78 is 0. The molecule has 0 bridgehead atoms. The molecule has 0 heterocycles. The highest BCUT2D eigenvalue weighted by molar-refractivity contribution is 6.35. The monoisotopic (exact) mass is 265 g/mol. The van der Waals surface area contributed by atoms with Crippen LogP contribution in [0, 0.1) is 0 Å². The van der Waals surface area contributed by atoms with Crippen molar-refractivity contribution in [3.63, 3.8) is 0 Å². The van der Waals surface area contributed by atoms with Gasteiger partial charge in [-0.25, -0.2) is 0 Å². The number of nitrogens with two attached hydrogens (primary N) is 1. The first-order valence-corrected chi connectivity index (χ1v) is 6.17. The van der Waals surface area contributed by atoms with Gasteiger partial charge in [-0.05, 0) is 29.7 Å². The Bertz CT molecular complexity index is 497. The molecule has 0 aliphatic carbocycles. The van der Waals surface area contributed by atoms with Gasteiger partial charge in [0.1, 0.15) is 0 Å². The summed E-state index contributed by atoms with van der Waals surface area (Å²) in [6.45, 7) is 0. The van der Waals surface area contributed by atoms with Crippen molar-refractivity contribution in [2.75, 3.05) is 0 Å². The molecule has 0 saturated carbocycles. The summed E-state index contributed by atoms with van der Waals surface area (Å²) in [5.41, 5.74) is 8.27. The largest absolute Gasteiger partial charge is 0.324 e. The minimum atomic E-state index is -0.0464. The molecular formula is C14H13Cl2N. The normalized spacial score (nSPS) is 12.4. The third-order valence-electron chi connectivity index (χ3n) is 2.68. The predicted octanol–water partition coefficient (Wildman–Crippen LogP) is 4.24. The van der Waals surface area contributed by atoms with Crippen LogP contribution in [0.25, 0.3) is 0 Å². The number of hydrogen-bond acceptors (Lipinski definition) is 1. The first-order chi connectivity index (χ1) is 8.16.